The fraction of sp³-hybridized carbons (Fsp3) is 0. The van der Waals surface area contributed by atoms with Gasteiger partial charge in [-0.05, 0) is 111 Å². The van der Waals surface area contributed by atoms with Gasteiger partial charge in [-0.1, -0.05) is 165 Å². The highest BCUT2D eigenvalue weighted by Crippen LogP contribution is 2.39. The van der Waals surface area contributed by atoms with Crippen LogP contribution in [0.4, 0.5) is 17.1 Å². The van der Waals surface area contributed by atoms with Crippen LogP contribution >= 0.6 is 0 Å². The molecular formula is C54H40N2. The molecule has 9 aromatic rings. The number of allylic oxidation sites excluding steroid dienone is 4. The standard InChI is InChI=1S/C54H40N2/c1-3-13-39(4-2)41-24-31-48(32-25-41)55(49-33-26-44(27-34-49)43-22-20-42(21-23-43)40-14-7-5-8-15-40)50-35-28-45(29-36-50)46-30-37-54-52(38-46)51-18-11-12-19-53(51)56(54)47-16-9-6-10-17-47/h3-38H,1-2H2/b39-13+. The van der Waals surface area contributed by atoms with Gasteiger partial charge in [-0.15, -0.1) is 0 Å². The summed E-state index contributed by atoms with van der Waals surface area (Å²) in [5, 5.41) is 2.49. The molecule has 0 fully saturated rings. The summed E-state index contributed by atoms with van der Waals surface area (Å²) in [6.45, 7) is 7.90. The number of hydrogen-bond acceptors (Lipinski definition) is 1. The molecule has 0 amide bonds. The number of fused-ring (bicyclic) bond motifs is 3. The normalized spacial score (nSPS) is 11.5. The second kappa shape index (κ2) is 15.1. The molecule has 0 aliphatic rings. The molecule has 266 valence electrons. The van der Waals surface area contributed by atoms with Crippen LogP contribution in [0.5, 0.6) is 0 Å². The van der Waals surface area contributed by atoms with Gasteiger partial charge >= 0.3 is 0 Å². The number of benzene rings is 8. The number of hydrogen-bond donors (Lipinski definition) is 0. The molecule has 0 bridgehead atoms. The van der Waals surface area contributed by atoms with Gasteiger partial charge in [-0.25, -0.2) is 0 Å². The van der Waals surface area contributed by atoms with E-state index in [0.29, 0.717) is 0 Å². The van der Waals surface area contributed by atoms with E-state index >= 15 is 0 Å². The molecule has 0 saturated carbocycles. The highest BCUT2D eigenvalue weighted by Gasteiger charge is 2.16. The minimum absolute atomic E-state index is 1.04. The van der Waals surface area contributed by atoms with Gasteiger partial charge < -0.3 is 9.47 Å². The Morgan fingerprint density at radius 3 is 1.43 bits per heavy atom. The van der Waals surface area contributed by atoms with E-state index in [1.165, 1.54) is 55.2 Å². The summed E-state index contributed by atoms with van der Waals surface area (Å²) < 4.78 is 2.36. The van der Waals surface area contributed by atoms with Crippen LogP contribution in [0.15, 0.2) is 232 Å². The zero-order valence-corrected chi connectivity index (χ0v) is 31.1. The number of para-hydroxylation sites is 2. The van der Waals surface area contributed by atoms with Gasteiger partial charge in [0.05, 0.1) is 11.0 Å². The van der Waals surface area contributed by atoms with Gasteiger partial charge in [0, 0.05) is 33.5 Å². The third-order valence-corrected chi connectivity index (χ3v) is 10.6. The molecule has 9 rings (SSSR count). The van der Waals surface area contributed by atoms with Gasteiger partial charge in [-0.3, -0.25) is 0 Å². The number of rotatable bonds is 10. The Bertz CT molecular complexity index is 2830. The molecule has 0 aliphatic heterocycles. The maximum atomic E-state index is 4.01. The zero-order chi connectivity index (χ0) is 37.8. The minimum Gasteiger partial charge on any atom is -0.311 e. The molecule has 56 heavy (non-hydrogen) atoms. The SMILES string of the molecule is C=C/C=C(\C=C)c1ccc(N(c2ccc(-c3ccc(-c4ccccc4)cc3)cc2)c2ccc(-c3ccc4c(c3)c3ccccc3n4-c3ccccc3)cc2)cc1. The summed E-state index contributed by atoms with van der Waals surface area (Å²) in [5.74, 6) is 0. The van der Waals surface area contributed by atoms with Gasteiger partial charge in [0.2, 0.25) is 0 Å². The van der Waals surface area contributed by atoms with Crippen molar-refractivity contribution in [1.82, 2.24) is 4.57 Å². The summed E-state index contributed by atoms with van der Waals surface area (Å²) in [6, 6.07) is 71.9. The Hall–Kier alpha value is -7.42. The smallest absolute Gasteiger partial charge is 0.0541 e. The quantitative estimate of drug-likeness (QED) is 0.128. The fourth-order valence-corrected chi connectivity index (χ4v) is 7.76. The lowest BCUT2D eigenvalue weighted by atomic mass is 9.99. The predicted octanol–water partition coefficient (Wildman–Crippen LogP) is 15.0. The number of anilines is 3. The van der Waals surface area contributed by atoms with Gasteiger partial charge in [0.1, 0.15) is 0 Å². The van der Waals surface area contributed by atoms with E-state index in [9.17, 15) is 0 Å². The third kappa shape index (κ3) is 6.55. The number of aromatic nitrogens is 1. The van der Waals surface area contributed by atoms with E-state index in [0.717, 1.165) is 33.9 Å². The van der Waals surface area contributed by atoms with Crippen molar-refractivity contribution in [1.29, 1.82) is 0 Å². The second-order valence-corrected chi connectivity index (χ2v) is 13.9. The molecular weight excluding hydrogens is 677 g/mol. The summed E-state index contributed by atoms with van der Waals surface area (Å²) >= 11 is 0. The lowest BCUT2D eigenvalue weighted by Gasteiger charge is -2.26. The Kier molecular flexibility index (Phi) is 9.29. The predicted molar refractivity (Wildman–Crippen MR) is 240 cm³/mol. The first kappa shape index (κ1) is 34.4. The highest BCUT2D eigenvalue weighted by molar-refractivity contribution is 6.10. The second-order valence-electron chi connectivity index (χ2n) is 13.9. The van der Waals surface area contributed by atoms with Crippen molar-refractivity contribution in [3.05, 3.63) is 237 Å². The van der Waals surface area contributed by atoms with Crippen molar-refractivity contribution in [3.8, 4) is 39.1 Å². The topological polar surface area (TPSA) is 8.17 Å². The summed E-state index contributed by atoms with van der Waals surface area (Å²) in [6.07, 6.45) is 5.66. The first-order chi connectivity index (χ1) is 27.7. The molecule has 0 radical (unpaired) electrons. The molecule has 0 saturated heterocycles. The minimum atomic E-state index is 1.04. The lowest BCUT2D eigenvalue weighted by molar-refractivity contribution is 1.18. The summed E-state index contributed by atoms with van der Waals surface area (Å²) in [7, 11) is 0. The maximum absolute atomic E-state index is 4.01. The van der Waals surface area contributed by atoms with E-state index in [1.807, 2.05) is 12.2 Å². The monoisotopic (exact) mass is 716 g/mol. The van der Waals surface area contributed by atoms with E-state index in [1.54, 1.807) is 6.08 Å². The summed E-state index contributed by atoms with van der Waals surface area (Å²) in [4.78, 5) is 2.32. The van der Waals surface area contributed by atoms with Crippen molar-refractivity contribution in [3.63, 3.8) is 0 Å². The van der Waals surface area contributed by atoms with Crippen LogP contribution in [0.25, 0.3) is 66.4 Å². The Morgan fingerprint density at radius 1 is 0.411 bits per heavy atom. The lowest BCUT2D eigenvalue weighted by Crippen LogP contribution is -2.09. The fourth-order valence-electron chi connectivity index (χ4n) is 7.76. The highest BCUT2D eigenvalue weighted by atomic mass is 15.1. The van der Waals surface area contributed by atoms with Crippen molar-refractivity contribution in [2.75, 3.05) is 4.90 Å². The van der Waals surface area contributed by atoms with Crippen LogP contribution in [0, 0.1) is 0 Å². The van der Waals surface area contributed by atoms with Crippen LogP contribution in [-0.4, -0.2) is 4.57 Å². The first-order valence-corrected chi connectivity index (χ1v) is 19.0. The van der Waals surface area contributed by atoms with Crippen LogP contribution in [-0.2, 0) is 0 Å². The van der Waals surface area contributed by atoms with Crippen molar-refractivity contribution >= 4 is 44.4 Å². The largest absolute Gasteiger partial charge is 0.311 e. The average molecular weight is 717 g/mol. The molecule has 2 nitrogen and oxygen atoms in total. The van der Waals surface area contributed by atoms with Gasteiger partial charge in [0.15, 0.2) is 0 Å². The molecule has 0 N–H and O–H groups in total. The average Bonchev–Trinajstić information content (AvgIpc) is 3.61. The van der Waals surface area contributed by atoms with E-state index < -0.39 is 0 Å². The van der Waals surface area contributed by atoms with Crippen LogP contribution in [0.3, 0.4) is 0 Å². The van der Waals surface area contributed by atoms with Crippen molar-refractivity contribution in [2.45, 2.75) is 0 Å². The van der Waals surface area contributed by atoms with Crippen LogP contribution < -0.4 is 4.90 Å². The molecule has 0 aliphatic carbocycles. The third-order valence-electron chi connectivity index (χ3n) is 10.6. The van der Waals surface area contributed by atoms with E-state index in [4.69, 9.17) is 0 Å². The van der Waals surface area contributed by atoms with E-state index in [-0.39, 0.29) is 0 Å². The summed E-state index contributed by atoms with van der Waals surface area (Å²) in [5.41, 5.74) is 16.1. The van der Waals surface area contributed by atoms with Gasteiger partial charge in [-0.2, -0.15) is 0 Å². The molecule has 1 heterocycles. The molecule has 1 aromatic heterocycles. The van der Waals surface area contributed by atoms with Crippen LogP contribution in [0.1, 0.15) is 5.56 Å². The van der Waals surface area contributed by atoms with Gasteiger partial charge in [0.25, 0.3) is 0 Å². The molecule has 0 unspecified atom stereocenters. The molecule has 8 aromatic carbocycles. The first-order valence-electron chi connectivity index (χ1n) is 19.0. The van der Waals surface area contributed by atoms with Crippen molar-refractivity contribution in [2.24, 2.45) is 0 Å². The van der Waals surface area contributed by atoms with Crippen molar-refractivity contribution < 1.29 is 0 Å². The Balaban J connectivity index is 1.07. The molecule has 0 spiro atoms. The number of nitrogens with zero attached hydrogens (tertiary/aromatic N) is 2. The van der Waals surface area contributed by atoms with Crippen LogP contribution in [0.2, 0.25) is 0 Å². The molecule has 0 atom stereocenters. The zero-order valence-electron chi connectivity index (χ0n) is 31.1. The maximum Gasteiger partial charge on any atom is 0.0541 e. The Labute approximate surface area is 328 Å². The van der Waals surface area contributed by atoms with E-state index in [2.05, 4.69) is 223 Å². The molecule has 2 heteroatoms. The Morgan fingerprint density at radius 2 is 0.857 bits per heavy atom.